The summed E-state index contributed by atoms with van der Waals surface area (Å²) in [5.74, 6) is 0. The molecule has 1 rings (SSSR count). The molecule has 0 fully saturated rings. The van der Waals surface area contributed by atoms with Gasteiger partial charge in [-0.2, -0.15) is 10.1 Å². The van der Waals surface area contributed by atoms with Crippen LogP contribution in [-0.2, 0) is 0 Å². The summed E-state index contributed by atoms with van der Waals surface area (Å²) in [4.78, 5) is 0. The third-order valence-corrected chi connectivity index (χ3v) is 5.17. The van der Waals surface area contributed by atoms with Crippen LogP contribution in [0.5, 0.6) is 0 Å². The van der Waals surface area contributed by atoms with Gasteiger partial charge < -0.3 is 0 Å². The monoisotopic (exact) mass is 310 g/mol. The molecule has 4 nitrogen and oxygen atoms in total. The predicted octanol–water partition coefficient (Wildman–Crippen LogP) is 6.00. The van der Waals surface area contributed by atoms with Crippen LogP contribution in [0, 0.1) is 0 Å². The Kier molecular flexibility index (Phi) is 10.5. The van der Waals surface area contributed by atoms with E-state index in [2.05, 4.69) is 41.7 Å². The fourth-order valence-electron chi connectivity index (χ4n) is 3.18. The number of hydrazine groups is 1. The van der Waals surface area contributed by atoms with Crippen LogP contribution in [0.3, 0.4) is 0 Å². The van der Waals surface area contributed by atoms with E-state index >= 15 is 0 Å². The maximum atomic E-state index is 4.02. The van der Waals surface area contributed by atoms with Gasteiger partial charge in [-0.15, -0.1) is 0 Å². The van der Waals surface area contributed by atoms with Gasteiger partial charge in [0, 0.05) is 5.54 Å². The fraction of sp³-hybridized carbons (Fsp3) is 1.00. The third kappa shape index (κ3) is 7.57. The Morgan fingerprint density at radius 1 is 0.864 bits per heavy atom. The lowest BCUT2D eigenvalue weighted by atomic mass is 9.90. The minimum Gasteiger partial charge on any atom is -0.219 e. The van der Waals surface area contributed by atoms with Crippen molar-refractivity contribution < 1.29 is 0 Å². The van der Waals surface area contributed by atoms with Crippen molar-refractivity contribution in [3.63, 3.8) is 0 Å². The van der Waals surface area contributed by atoms with Crippen molar-refractivity contribution in [3.8, 4) is 0 Å². The molecule has 0 aromatic carbocycles. The van der Waals surface area contributed by atoms with Crippen molar-refractivity contribution in [3.05, 3.63) is 0 Å². The molecule has 130 valence electrons. The summed E-state index contributed by atoms with van der Waals surface area (Å²) < 4.78 is 0. The molecule has 1 atom stereocenters. The standard InChI is InChI=1S/C18H38N4/c1-4-6-7-8-9-10-11-12-13-14-15-16-18(3,5-2)22-17-19-20-21-22/h4-17H2,1-3H3,(H,19,21). The average molecular weight is 311 g/mol. The predicted molar refractivity (Wildman–Crippen MR) is 94.5 cm³/mol. The van der Waals surface area contributed by atoms with Crippen molar-refractivity contribution >= 4 is 0 Å². The van der Waals surface area contributed by atoms with Gasteiger partial charge in [0.05, 0.1) is 0 Å². The Labute approximate surface area is 138 Å². The molecule has 0 aromatic heterocycles. The molecule has 1 N–H and O–H groups in total. The highest BCUT2D eigenvalue weighted by Crippen LogP contribution is 2.26. The third-order valence-electron chi connectivity index (χ3n) is 5.17. The van der Waals surface area contributed by atoms with Gasteiger partial charge in [0.1, 0.15) is 6.67 Å². The maximum Gasteiger partial charge on any atom is 0.134 e. The number of rotatable bonds is 14. The van der Waals surface area contributed by atoms with Gasteiger partial charge in [0.2, 0.25) is 0 Å². The zero-order chi connectivity index (χ0) is 16.1. The largest absolute Gasteiger partial charge is 0.219 e. The summed E-state index contributed by atoms with van der Waals surface area (Å²) in [7, 11) is 0. The van der Waals surface area contributed by atoms with E-state index in [1.807, 2.05) is 0 Å². The first kappa shape index (κ1) is 19.4. The molecule has 4 heteroatoms. The molecule has 0 aromatic rings. The summed E-state index contributed by atoms with van der Waals surface area (Å²) in [6.07, 6.45) is 17.9. The number of nitrogens with one attached hydrogen (secondary N) is 1. The molecule has 0 amide bonds. The van der Waals surface area contributed by atoms with Crippen LogP contribution in [0.25, 0.3) is 0 Å². The van der Waals surface area contributed by atoms with Crippen LogP contribution in [0.2, 0.25) is 0 Å². The van der Waals surface area contributed by atoms with Gasteiger partial charge in [0.15, 0.2) is 0 Å². The fourth-order valence-corrected chi connectivity index (χ4v) is 3.18. The molecule has 0 saturated carbocycles. The minimum absolute atomic E-state index is 0.197. The van der Waals surface area contributed by atoms with E-state index in [1.54, 1.807) is 0 Å². The topological polar surface area (TPSA) is 40.0 Å². The SMILES string of the molecule is CCCCCCCCCCCCCC(C)(CC)N1CN=NN1. The van der Waals surface area contributed by atoms with Crippen molar-refractivity contribution in [2.45, 2.75) is 110 Å². The lowest BCUT2D eigenvalue weighted by Crippen LogP contribution is -2.49. The maximum absolute atomic E-state index is 4.02. The summed E-state index contributed by atoms with van der Waals surface area (Å²) in [5, 5.41) is 10.1. The molecule has 22 heavy (non-hydrogen) atoms. The lowest BCUT2D eigenvalue weighted by Gasteiger charge is -2.36. The number of unbranched alkanes of at least 4 members (excludes halogenated alkanes) is 10. The molecular formula is C18H38N4. The lowest BCUT2D eigenvalue weighted by molar-refractivity contribution is 0.0592. The van der Waals surface area contributed by atoms with Gasteiger partial charge in [-0.25, -0.2) is 5.53 Å². The summed E-state index contributed by atoms with van der Waals surface area (Å²) in [5.41, 5.74) is 3.23. The highest BCUT2D eigenvalue weighted by molar-refractivity contribution is 4.83. The van der Waals surface area contributed by atoms with E-state index in [0.717, 1.165) is 6.42 Å². The quantitative estimate of drug-likeness (QED) is 0.400. The Morgan fingerprint density at radius 2 is 1.41 bits per heavy atom. The van der Waals surface area contributed by atoms with Gasteiger partial charge in [-0.3, -0.25) is 0 Å². The van der Waals surface area contributed by atoms with Gasteiger partial charge in [0.25, 0.3) is 0 Å². The zero-order valence-corrected chi connectivity index (χ0v) is 15.2. The first-order valence-electron chi connectivity index (χ1n) is 9.62. The zero-order valence-electron chi connectivity index (χ0n) is 15.2. The van der Waals surface area contributed by atoms with E-state index < -0.39 is 0 Å². The van der Waals surface area contributed by atoms with Crippen LogP contribution >= 0.6 is 0 Å². The van der Waals surface area contributed by atoms with Crippen molar-refractivity contribution in [1.82, 2.24) is 10.5 Å². The van der Waals surface area contributed by atoms with Gasteiger partial charge in [-0.05, 0) is 19.8 Å². The molecule has 1 aliphatic heterocycles. The van der Waals surface area contributed by atoms with Crippen LogP contribution in [0.1, 0.15) is 104 Å². The van der Waals surface area contributed by atoms with E-state index in [0.29, 0.717) is 6.67 Å². The Bertz CT molecular complexity index is 285. The highest BCUT2D eigenvalue weighted by Gasteiger charge is 2.31. The molecule has 1 heterocycles. The van der Waals surface area contributed by atoms with Crippen LogP contribution in [-0.4, -0.2) is 17.2 Å². The molecule has 0 saturated heterocycles. The Hall–Kier alpha value is -0.640. The molecular weight excluding hydrogens is 272 g/mol. The van der Waals surface area contributed by atoms with E-state index in [4.69, 9.17) is 0 Å². The van der Waals surface area contributed by atoms with E-state index in [9.17, 15) is 0 Å². The first-order valence-corrected chi connectivity index (χ1v) is 9.62. The van der Waals surface area contributed by atoms with Crippen LogP contribution < -0.4 is 5.53 Å². The molecule has 1 aliphatic rings. The molecule has 0 spiro atoms. The second-order valence-corrected chi connectivity index (χ2v) is 7.05. The van der Waals surface area contributed by atoms with Crippen molar-refractivity contribution in [2.24, 2.45) is 10.3 Å². The van der Waals surface area contributed by atoms with E-state index in [1.165, 1.54) is 77.0 Å². The second-order valence-electron chi connectivity index (χ2n) is 7.05. The number of hydrogen-bond donors (Lipinski definition) is 1. The number of hydrogen-bond acceptors (Lipinski definition) is 4. The average Bonchev–Trinajstić information content (AvgIpc) is 3.07. The summed E-state index contributed by atoms with van der Waals surface area (Å²) in [6, 6.07) is 0. The molecule has 0 radical (unpaired) electrons. The first-order chi connectivity index (χ1) is 10.7. The highest BCUT2D eigenvalue weighted by atomic mass is 15.8. The van der Waals surface area contributed by atoms with Gasteiger partial charge >= 0.3 is 0 Å². The van der Waals surface area contributed by atoms with Crippen LogP contribution in [0.15, 0.2) is 10.3 Å². The van der Waals surface area contributed by atoms with Crippen LogP contribution in [0.4, 0.5) is 0 Å². The smallest absolute Gasteiger partial charge is 0.134 e. The molecule has 0 aliphatic carbocycles. The van der Waals surface area contributed by atoms with Crippen molar-refractivity contribution in [2.75, 3.05) is 6.67 Å². The Balaban J connectivity index is 1.93. The van der Waals surface area contributed by atoms with Crippen molar-refractivity contribution in [1.29, 1.82) is 0 Å². The van der Waals surface area contributed by atoms with E-state index in [-0.39, 0.29) is 5.54 Å². The molecule has 1 unspecified atom stereocenters. The minimum atomic E-state index is 0.197. The summed E-state index contributed by atoms with van der Waals surface area (Å²) in [6.45, 7) is 7.57. The normalized spacial score (nSPS) is 17.6. The second kappa shape index (κ2) is 11.9. The molecule has 0 bridgehead atoms. The number of nitrogens with zero attached hydrogens (tertiary/aromatic N) is 3. The Morgan fingerprint density at radius 3 is 1.86 bits per heavy atom. The summed E-state index contributed by atoms with van der Waals surface area (Å²) >= 11 is 0. The van der Waals surface area contributed by atoms with Gasteiger partial charge in [-0.1, -0.05) is 89.7 Å².